The third-order valence-corrected chi connectivity index (χ3v) is 5.82. The van der Waals surface area contributed by atoms with Gasteiger partial charge in [-0.1, -0.05) is 18.0 Å². The van der Waals surface area contributed by atoms with Gasteiger partial charge >= 0.3 is 0 Å². The normalized spacial score (nSPS) is 15.4. The number of rotatable bonds is 3. The lowest BCUT2D eigenvalue weighted by molar-refractivity contribution is -0.386. The largest absolute Gasteiger partial charge is 0.383 e. The summed E-state index contributed by atoms with van der Waals surface area (Å²) in [5.74, 6) is -0.563. The molecule has 1 aliphatic carbocycles. The van der Waals surface area contributed by atoms with Crippen LogP contribution in [0.2, 0.25) is 5.02 Å². The van der Waals surface area contributed by atoms with Crippen LogP contribution in [0.25, 0.3) is 0 Å². The maximum atomic E-state index is 13.6. The summed E-state index contributed by atoms with van der Waals surface area (Å²) in [5, 5.41) is 22.6. The Morgan fingerprint density at radius 2 is 1.96 bits per heavy atom. The summed E-state index contributed by atoms with van der Waals surface area (Å²) in [7, 11) is 0. The van der Waals surface area contributed by atoms with Gasteiger partial charge < -0.3 is 5.11 Å². The number of fused-ring (bicyclic) bond motifs is 1. The van der Waals surface area contributed by atoms with Gasteiger partial charge in [-0.2, -0.15) is 0 Å². The van der Waals surface area contributed by atoms with Crippen molar-refractivity contribution < 1.29 is 14.4 Å². The van der Waals surface area contributed by atoms with Crippen LogP contribution < -0.4 is 0 Å². The molecule has 1 aliphatic rings. The first-order valence-electron chi connectivity index (χ1n) is 8.01. The van der Waals surface area contributed by atoms with Crippen LogP contribution in [0.3, 0.4) is 0 Å². The SMILES string of the molecule is O=[N+]([O-])c1cc2c(c(Br)c1C(O)c1cc(F)ccc1Cl)CCCCC2. The number of nitrogens with zero attached hydrogens (tertiary/aromatic N) is 1. The molecule has 0 radical (unpaired) electrons. The summed E-state index contributed by atoms with van der Waals surface area (Å²) in [4.78, 5) is 11.1. The molecule has 0 saturated heterocycles. The Balaban J connectivity index is 2.21. The lowest BCUT2D eigenvalue weighted by atomic mass is 9.93. The molecule has 0 spiro atoms. The average Bonchev–Trinajstić information content (AvgIpc) is 2.82. The highest BCUT2D eigenvalue weighted by molar-refractivity contribution is 9.10. The molecule has 3 rings (SSSR count). The quantitative estimate of drug-likeness (QED) is 0.399. The van der Waals surface area contributed by atoms with Crippen LogP contribution in [0.1, 0.15) is 47.6 Å². The molecular weight excluding hydrogens is 413 g/mol. The topological polar surface area (TPSA) is 63.4 Å². The molecule has 0 heterocycles. The van der Waals surface area contributed by atoms with Crippen molar-refractivity contribution in [3.05, 3.63) is 71.9 Å². The molecule has 1 N–H and O–H groups in total. The lowest BCUT2D eigenvalue weighted by Gasteiger charge is -2.19. The van der Waals surface area contributed by atoms with Crippen molar-refractivity contribution in [3.8, 4) is 0 Å². The highest BCUT2D eigenvalue weighted by Gasteiger charge is 2.30. The number of benzene rings is 2. The summed E-state index contributed by atoms with van der Waals surface area (Å²) in [6.07, 6.45) is 3.18. The standard InChI is InChI=1S/C18H16BrClFNO3/c19-17-12-5-3-1-2-4-10(12)8-15(22(24)25)16(17)18(23)13-9-11(21)6-7-14(13)20/h6-9,18,23H,1-5H2. The van der Waals surface area contributed by atoms with E-state index in [2.05, 4.69) is 15.9 Å². The number of hydrogen-bond donors (Lipinski definition) is 1. The van der Waals surface area contributed by atoms with E-state index in [9.17, 15) is 19.6 Å². The zero-order valence-electron chi connectivity index (χ0n) is 13.3. The van der Waals surface area contributed by atoms with E-state index in [1.54, 1.807) is 0 Å². The van der Waals surface area contributed by atoms with Gasteiger partial charge in [0.05, 0.1) is 10.5 Å². The first kappa shape index (κ1) is 18.3. The van der Waals surface area contributed by atoms with Crippen LogP contribution in [0.4, 0.5) is 10.1 Å². The second kappa shape index (κ2) is 7.40. The maximum Gasteiger partial charge on any atom is 0.276 e. The molecule has 0 bridgehead atoms. The smallest absolute Gasteiger partial charge is 0.276 e. The van der Waals surface area contributed by atoms with Crippen LogP contribution in [0, 0.1) is 15.9 Å². The average molecular weight is 429 g/mol. The molecule has 0 fully saturated rings. The van der Waals surface area contributed by atoms with Gasteiger partial charge in [0.25, 0.3) is 5.69 Å². The number of nitro groups is 1. The van der Waals surface area contributed by atoms with E-state index in [1.165, 1.54) is 18.2 Å². The van der Waals surface area contributed by atoms with Crippen molar-refractivity contribution in [1.82, 2.24) is 0 Å². The van der Waals surface area contributed by atoms with Crippen molar-refractivity contribution in [2.75, 3.05) is 0 Å². The molecule has 0 aliphatic heterocycles. The highest BCUT2D eigenvalue weighted by atomic mass is 79.9. The van der Waals surface area contributed by atoms with E-state index in [0.717, 1.165) is 49.3 Å². The summed E-state index contributed by atoms with van der Waals surface area (Å²) in [5.41, 5.74) is 1.96. The number of hydrogen-bond acceptors (Lipinski definition) is 3. The molecule has 0 aromatic heterocycles. The Labute approximate surface area is 157 Å². The second-order valence-electron chi connectivity index (χ2n) is 6.15. The van der Waals surface area contributed by atoms with Crippen LogP contribution in [0.15, 0.2) is 28.7 Å². The summed E-state index contributed by atoms with van der Waals surface area (Å²) in [6, 6.07) is 5.16. The monoisotopic (exact) mass is 427 g/mol. The minimum Gasteiger partial charge on any atom is -0.383 e. The van der Waals surface area contributed by atoms with Gasteiger partial charge in [-0.05, 0) is 70.9 Å². The van der Waals surface area contributed by atoms with Crippen LogP contribution >= 0.6 is 27.5 Å². The van der Waals surface area contributed by atoms with E-state index in [4.69, 9.17) is 11.6 Å². The third kappa shape index (κ3) is 3.57. The van der Waals surface area contributed by atoms with Crippen molar-refractivity contribution in [2.24, 2.45) is 0 Å². The fourth-order valence-electron chi connectivity index (χ4n) is 3.32. The van der Waals surface area contributed by atoms with Crippen molar-refractivity contribution in [2.45, 2.75) is 38.2 Å². The number of aliphatic hydroxyl groups is 1. The molecule has 25 heavy (non-hydrogen) atoms. The molecule has 0 amide bonds. The van der Waals surface area contributed by atoms with Crippen molar-refractivity contribution in [1.29, 1.82) is 0 Å². The second-order valence-corrected chi connectivity index (χ2v) is 7.35. The van der Waals surface area contributed by atoms with Crippen LogP contribution in [0.5, 0.6) is 0 Å². The number of aryl methyl sites for hydroxylation is 1. The van der Waals surface area contributed by atoms with Gasteiger partial charge in [-0.25, -0.2) is 4.39 Å². The molecule has 1 atom stereocenters. The van der Waals surface area contributed by atoms with Gasteiger partial charge in [0.15, 0.2) is 0 Å². The van der Waals surface area contributed by atoms with Gasteiger partial charge in [0, 0.05) is 21.1 Å². The summed E-state index contributed by atoms with van der Waals surface area (Å²) < 4.78 is 14.1. The molecule has 4 nitrogen and oxygen atoms in total. The molecule has 7 heteroatoms. The maximum absolute atomic E-state index is 13.6. The minimum absolute atomic E-state index is 0.110. The Morgan fingerprint density at radius 1 is 1.24 bits per heavy atom. The first-order chi connectivity index (χ1) is 11.9. The molecule has 1 unspecified atom stereocenters. The molecule has 0 saturated carbocycles. The van der Waals surface area contributed by atoms with Crippen LogP contribution in [-0.2, 0) is 12.8 Å². The fraction of sp³-hybridized carbons (Fsp3) is 0.333. The predicted octanol–water partition coefficient (Wildman–Crippen LogP) is 5.50. The van der Waals surface area contributed by atoms with E-state index in [-0.39, 0.29) is 21.8 Å². The first-order valence-corrected chi connectivity index (χ1v) is 9.18. The number of halogens is 3. The Hall–Kier alpha value is -1.50. The van der Waals surface area contributed by atoms with Gasteiger partial charge in [0.1, 0.15) is 11.9 Å². The Morgan fingerprint density at radius 3 is 2.68 bits per heavy atom. The van der Waals surface area contributed by atoms with E-state index < -0.39 is 16.8 Å². The van der Waals surface area contributed by atoms with E-state index in [1.807, 2.05) is 0 Å². The minimum atomic E-state index is -1.40. The molecular formula is C18H16BrClFNO3. The molecule has 2 aromatic rings. The Bertz CT molecular complexity index is 844. The van der Waals surface area contributed by atoms with E-state index >= 15 is 0 Å². The van der Waals surface area contributed by atoms with Gasteiger partial charge in [-0.15, -0.1) is 0 Å². The Kier molecular flexibility index (Phi) is 5.41. The zero-order valence-corrected chi connectivity index (χ0v) is 15.6. The predicted molar refractivity (Wildman–Crippen MR) is 97.5 cm³/mol. The van der Waals surface area contributed by atoms with Crippen molar-refractivity contribution in [3.63, 3.8) is 0 Å². The number of nitro benzene ring substituents is 1. The summed E-state index contributed by atoms with van der Waals surface area (Å²) >= 11 is 9.54. The zero-order chi connectivity index (χ0) is 18.1. The fourth-order valence-corrected chi connectivity index (χ4v) is 4.42. The van der Waals surface area contributed by atoms with Gasteiger partial charge in [0.2, 0.25) is 0 Å². The van der Waals surface area contributed by atoms with Crippen molar-refractivity contribution >= 4 is 33.2 Å². The van der Waals surface area contributed by atoms with E-state index in [0.29, 0.717) is 4.47 Å². The lowest BCUT2D eigenvalue weighted by Crippen LogP contribution is -2.09. The van der Waals surface area contributed by atoms with Crippen LogP contribution in [-0.4, -0.2) is 10.0 Å². The summed E-state index contributed by atoms with van der Waals surface area (Å²) in [6.45, 7) is 0. The molecule has 132 valence electrons. The number of aliphatic hydroxyl groups excluding tert-OH is 1. The third-order valence-electron chi connectivity index (χ3n) is 4.57. The van der Waals surface area contributed by atoms with Gasteiger partial charge in [-0.3, -0.25) is 10.1 Å². The molecule has 2 aromatic carbocycles. The highest BCUT2D eigenvalue weighted by Crippen LogP contribution is 2.42.